The van der Waals surface area contributed by atoms with E-state index in [1.807, 2.05) is 12.1 Å². The Bertz CT molecular complexity index is 842. The molecule has 8 nitrogen and oxygen atoms in total. The predicted molar refractivity (Wildman–Crippen MR) is 92.3 cm³/mol. The number of nitrogens with zero attached hydrogens (tertiary/aromatic N) is 4. The Kier molecular flexibility index (Phi) is 4.16. The summed E-state index contributed by atoms with van der Waals surface area (Å²) in [4.78, 5) is 36.4. The number of piperazine rings is 1. The number of rotatable bonds is 3. The number of carbonyl (C=O) groups excluding carboxylic acids is 1. The first-order valence-corrected chi connectivity index (χ1v) is 8.45. The number of ether oxygens (including phenoxy) is 1. The van der Waals surface area contributed by atoms with Gasteiger partial charge in [-0.1, -0.05) is 12.1 Å². The molecule has 1 atom stereocenters. The Morgan fingerprint density at radius 3 is 2.73 bits per heavy atom. The van der Waals surface area contributed by atoms with Gasteiger partial charge in [-0.15, -0.1) is 0 Å². The van der Waals surface area contributed by atoms with Crippen LogP contribution in [0.5, 0.6) is 5.75 Å². The second kappa shape index (κ2) is 6.62. The Labute approximate surface area is 150 Å². The lowest BCUT2D eigenvalue weighted by molar-refractivity contribution is -0.142. The number of aromatic nitrogens is 2. The first-order valence-electron chi connectivity index (χ1n) is 8.45. The third kappa shape index (κ3) is 2.83. The number of hydrogen-bond donors (Lipinski definition) is 1. The molecule has 2 aromatic rings. The van der Waals surface area contributed by atoms with Crippen molar-refractivity contribution in [2.45, 2.75) is 12.5 Å². The van der Waals surface area contributed by atoms with Crippen molar-refractivity contribution >= 4 is 17.8 Å². The zero-order valence-electron chi connectivity index (χ0n) is 14.0. The van der Waals surface area contributed by atoms with E-state index in [-0.39, 0.29) is 19.0 Å². The number of carboxylic acids is 1. The molecule has 1 fully saturated rings. The van der Waals surface area contributed by atoms with E-state index in [2.05, 4.69) is 9.97 Å². The minimum atomic E-state index is -1.05. The molecule has 3 heterocycles. The topological polar surface area (TPSA) is 95.9 Å². The molecule has 1 aromatic carbocycles. The summed E-state index contributed by atoms with van der Waals surface area (Å²) in [5.41, 5.74) is 1.41. The lowest BCUT2D eigenvalue weighted by Gasteiger charge is -2.39. The number of fused-ring (bicyclic) bond motifs is 1. The third-order valence-electron chi connectivity index (χ3n) is 4.71. The summed E-state index contributed by atoms with van der Waals surface area (Å²) in [5.74, 6) is -0.317. The Hall–Kier alpha value is -3.16. The quantitative estimate of drug-likeness (QED) is 0.872. The van der Waals surface area contributed by atoms with Crippen molar-refractivity contribution in [1.82, 2.24) is 14.9 Å². The maximum atomic E-state index is 13.1. The number of para-hydroxylation sites is 1. The Balaban J connectivity index is 1.60. The first kappa shape index (κ1) is 16.3. The molecule has 0 radical (unpaired) electrons. The van der Waals surface area contributed by atoms with Gasteiger partial charge in [-0.05, 0) is 17.7 Å². The van der Waals surface area contributed by atoms with E-state index in [4.69, 9.17) is 4.74 Å². The smallest absolute Gasteiger partial charge is 0.328 e. The van der Waals surface area contributed by atoms with E-state index in [0.717, 1.165) is 12.0 Å². The molecule has 134 valence electrons. The summed E-state index contributed by atoms with van der Waals surface area (Å²) in [6.45, 7) is 1.43. The SMILES string of the molecule is O=C(O)[C@@H]1CN(c2ncccn2)CCN1C(=O)c1cccc2c1OCC2. The van der Waals surface area contributed by atoms with Gasteiger partial charge >= 0.3 is 5.97 Å². The van der Waals surface area contributed by atoms with Crippen LogP contribution < -0.4 is 9.64 Å². The minimum absolute atomic E-state index is 0.140. The van der Waals surface area contributed by atoms with Crippen molar-refractivity contribution in [3.05, 3.63) is 47.8 Å². The Morgan fingerprint density at radius 1 is 1.15 bits per heavy atom. The van der Waals surface area contributed by atoms with Gasteiger partial charge in [0.1, 0.15) is 11.8 Å². The molecule has 2 aliphatic heterocycles. The summed E-state index contributed by atoms with van der Waals surface area (Å²) in [7, 11) is 0. The van der Waals surface area contributed by atoms with E-state index in [1.54, 1.807) is 29.4 Å². The average Bonchev–Trinajstić information content (AvgIpc) is 3.16. The summed E-state index contributed by atoms with van der Waals surface area (Å²) in [6.07, 6.45) is 3.98. The molecule has 2 aliphatic rings. The normalized spacial score (nSPS) is 19.0. The molecular formula is C18H18N4O4. The van der Waals surface area contributed by atoms with Crippen LogP contribution in [0.25, 0.3) is 0 Å². The zero-order chi connectivity index (χ0) is 18.1. The van der Waals surface area contributed by atoms with Crippen molar-refractivity contribution in [2.75, 3.05) is 31.1 Å². The van der Waals surface area contributed by atoms with Crippen LogP contribution in [-0.2, 0) is 11.2 Å². The van der Waals surface area contributed by atoms with Gasteiger partial charge in [-0.2, -0.15) is 0 Å². The fourth-order valence-electron chi connectivity index (χ4n) is 3.41. The lowest BCUT2D eigenvalue weighted by atomic mass is 10.0. The molecule has 4 rings (SSSR count). The lowest BCUT2D eigenvalue weighted by Crippen LogP contribution is -2.58. The van der Waals surface area contributed by atoms with Crippen LogP contribution in [0.1, 0.15) is 15.9 Å². The highest BCUT2D eigenvalue weighted by Gasteiger charge is 2.38. The van der Waals surface area contributed by atoms with Gasteiger partial charge in [-0.25, -0.2) is 14.8 Å². The van der Waals surface area contributed by atoms with Crippen LogP contribution in [-0.4, -0.2) is 64.1 Å². The largest absolute Gasteiger partial charge is 0.492 e. The fourth-order valence-corrected chi connectivity index (χ4v) is 3.41. The van der Waals surface area contributed by atoms with Crippen LogP contribution >= 0.6 is 0 Å². The summed E-state index contributed by atoms with van der Waals surface area (Å²) >= 11 is 0. The van der Waals surface area contributed by atoms with E-state index >= 15 is 0 Å². The number of benzene rings is 1. The predicted octanol–water partition coefficient (Wildman–Crippen LogP) is 0.827. The molecule has 1 N–H and O–H groups in total. The van der Waals surface area contributed by atoms with Crippen LogP contribution in [0.3, 0.4) is 0 Å². The molecule has 1 saturated heterocycles. The summed E-state index contributed by atoms with van der Waals surface area (Å²) < 4.78 is 5.60. The van der Waals surface area contributed by atoms with Crippen molar-refractivity contribution in [2.24, 2.45) is 0 Å². The van der Waals surface area contributed by atoms with Gasteiger partial charge in [0.2, 0.25) is 5.95 Å². The Morgan fingerprint density at radius 2 is 1.96 bits per heavy atom. The number of anilines is 1. The van der Waals surface area contributed by atoms with Crippen LogP contribution in [0.4, 0.5) is 5.95 Å². The minimum Gasteiger partial charge on any atom is -0.492 e. The van der Waals surface area contributed by atoms with E-state index < -0.39 is 12.0 Å². The van der Waals surface area contributed by atoms with Crippen molar-refractivity contribution in [3.63, 3.8) is 0 Å². The van der Waals surface area contributed by atoms with Gasteiger partial charge < -0.3 is 19.6 Å². The van der Waals surface area contributed by atoms with Crippen molar-refractivity contribution in [3.8, 4) is 5.75 Å². The first-order chi connectivity index (χ1) is 12.6. The standard InChI is InChI=1S/C18H18N4O4/c23-16(13-4-1-3-12-5-10-26-15(12)13)22-9-8-21(11-14(22)17(24)25)18-19-6-2-7-20-18/h1-4,6-7,14H,5,8-11H2,(H,24,25)/t14-/m0/s1. The van der Waals surface area contributed by atoms with E-state index in [1.165, 1.54) is 4.90 Å². The second-order valence-corrected chi connectivity index (χ2v) is 6.24. The molecule has 8 heteroatoms. The van der Waals surface area contributed by atoms with Crippen LogP contribution in [0, 0.1) is 0 Å². The molecule has 0 spiro atoms. The number of aliphatic carboxylic acids is 1. The van der Waals surface area contributed by atoms with Crippen molar-refractivity contribution in [1.29, 1.82) is 0 Å². The number of hydrogen-bond acceptors (Lipinski definition) is 6. The molecular weight excluding hydrogens is 336 g/mol. The van der Waals surface area contributed by atoms with Crippen LogP contribution in [0.2, 0.25) is 0 Å². The van der Waals surface area contributed by atoms with Gasteiger partial charge in [0.05, 0.1) is 18.7 Å². The third-order valence-corrected chi connectivity index (χ3v) is 4.71. The maximum Gasteiger partial charge on any atom is 0.328 e. The highest BCUT2D eigenvalue weighted by molar-refractivity contribution is 5.99. The van der Waals surface area contributed by atoms with Crippen molar-refractivity contribution < 1.29 is 19.4 Å². The monoisotopic (exact) mass is 354 g/mol. The summed E-state index contributed by atoms with van der Waals surface area (Å²) in [5, 5.41) is 9.67. The molecule has 0 aliphatic carbocycles. The van der Waals surface area contributed by atoms with Crippen LogP contribution in [0.15, 0.2) is 36.7 Å². The van der Waals surface area contributed by atoms with Gasteiger partial charge in [-0.3, -0.25) is 4.79 Å². The highest BCUT2D eigenvalue weighted by Crippen LogP contribution is 2.31. The molecule has 1 aromatic heterocycles. The molecule has 1 amide bonds. The van der Waals surface area contributed by atoms with Gasteiger partial charge in [0.25, 0.3) is 5.91 Å². The van der Waals surface area contributed by atoms with Gasteiger partial charge in [0, 0.05) is 31.9 Å². The second-order valence-electron chi connectivity index (χ2n) is 6.24. The molecule has 0 saturated carbocycles. The average molecular weight is 354 g/mol. The number of carbonyl (C=O) groups is 2. The van der Waals surface area contributed by atoms with Gasteiger partial charge in [0.15, 0.2) is 0 Å². The molecule has 26 heavy (non-hydrogen) atoms. The molecule has 0 unspecified atom stereocenters. The fraction of sp³-hybridized carbons (Fsp3) is 0.333. The number of carboxylic acid groups (broad SMARTS) is 1. The molecule has 0 bridgehead atoms. The number of amides is 1. The highest BCUT2D eigenvalue weighted by atomic mass is 16.5. The zero-order valence-corrected chi connectivity index (χ0v) is 14.0. The summed E-state index contributed by atoms with van der Waals surface area (Å²) in [6, 6.07) is 6.16. The maximum absolute atomic E-state index is 13.1. The van der Waals surface area contributed by atoms with E-state index in [0.29, 0.717) is 30.4 Å². The van der Waals surface area contributed by atoms with E-state index in [9.17, 15) is 14.7 Å².